The molecule has 0 aliphatic carbocycles. The fourth-order valence-electron chi connectivity index (χ4n) is 3.68. The number of nitrogens with zero attached hydrogens (tertiary/aromatic N) is 3. The Morgan fingerprint density at radius 2 is 1.87 bits per heavy atom. The number of oxazole rings is 1. The first kappa shape index (κ1) is 20.4. The molecule has 0 bridgehead atoms. The van der Waals surface area contributed by atoms with Gasteiger partial charge in [-0.3, -0.25) is 4.79 Å². The largest absolute Gasteiger partial charge is 0.441 e. The summed E-state index contributed by atoms with van der Waals surface area (Å²) in [7, 11) is 0. The summed E-state index contributed by atoms with van der Waals surface area (Å²) in [4.78, 5) is 22.1. The van der Waals surface area contributed by atoms with Crippen LogP contribution in [-0.2, 0) is 0 Å². The Morgan fingerprint density at radius 3 is 2.57 bits per heavy atom. The molecule has 4 rings (SSSR count). The number of hydrogen-bond acceptors (Lipinski definition) is 5. The number of carbonyl (C=O) groups excluding carboxylic acids is 1. The summed E-state index contributed by atoms with van der Waals surface area (Å²) in [6.45, 7) is 8.77. The van der Waals surface area contributed by atoms with Crippen LogP contribution in [0.3, 0.4) is 0 Å². The molecule has 0 radical (unpaired) electrons. The van der Waals surface area contributed by atoms with E-state index in [2.05, 4.69) is 27.0 Å². The molecule has 1 aliphatic heterocycles. The maximum absolute atomic E-state index is 13.0. The first-order chi connectivity index (χ1) is 14.5. The average molecular weight is 425 g/mol. The van der Waals surface area contributed by atoms with Gasteiger partial charge in [0.2, 0.25) is 5.89 Å². The van der Waals surface area contributed by atoms with Gasteiger partial charge in [-0.2, -0.15) is 0 Å². The predicted molar refractivity (Wildman–Crippen MR) is 120 cm³/mol. The summed E-state index contributed by atoms with van der Waals surface area (Å²) in [6.07, 6.45) is 0. The number of hydrogen-bond donors (Lipinski definition) is 1. The number of benzene rings is 2. The van der Waals surface area contributed by atoms with Crippen molar-refractivity contribution >= 4 is 28.9 Å². The number of aromatic nitrogens is 1. The molecular weight excluding hydrogens is 400 g/mol. The number of aryl methyl sites for hydroxylation is 1. The first-order valence-corrected chi connectivity index (χ1v) is 10.5. The molecule has 2 heterocycles. The molecule has 1 N–H and O–H groups in total. The fourth-order valence-corrected chi connectivity index (χ4v) is 3.85. The Bertz CT molecular complexity index is 1030. The van der Waals surface area contributed by atoms with Gasteiger partial charge in [0, 0.05) is 36.8 Å². The molecule has 0 atom stereocenters. The topological polar surface area (TPSA) is 61.6 Å². The minimum absolute atomic E-state index is 0.274. The van der Waals surface area contributed by atoms with E-state index in [0.717, 1.165) is 44.0 Å². The Labute approximate surface area is 181 Å². The molecule has 0 saturated carbocycles. The molecule has 3 aromatic rings. The minimum atomic E-state index is -0.311. The summed E-state index contributed by atoms with van der Waals surface area (Å²) in [5.74, 6) is 0.598. The van der Waals surface area contributed by atoms with Gasteiger partial charge in [-0.1, -0.05) is 36.7 Å². The van der Waals surface area contributed by atoms with Crippen LogP contribution < -0.4 is 10.2 Å². The molecule has 2 aromatic carbocycles. The van der Waals surface area contributed by atoms with Gasteiger partial charge in [-0.05, 0) is 43.8 Å². The van der Waals surface area contributed by atoms with Gasteiger partial charge >= 0.3 is 0 Å². The summed E-state index contributed by atoms with van der Waals surface area (Å²) in [6, 6.07) is 15.1. The number of piperazine rings is 1. The maximum Gasteiger partial charge on any atom is 0.277 e. The van der Waals surface area contributed by atoms with Crippen molar-refractivity contribution in [1.29, 1.82) is 0 Å². The van der Waals surface area contributed by atoms with Crippen LogP contribution in [0.4, 0.5) is 11.4 Å². The van der Waals surface area contributed by atoms with Gasteiger partial charge in [0.05, 0.1) is 11.4 Å². The van der Waals surface area contributed by atoms with E-state index in [-0.39, 0.29) is 11.6 Å². The van der Waals surface area contributed by atoms with E-state index in [1.165, 1.54) is 0 Å². The zero-order valence-electron chi connectivity index (χ0n) is 17.2. The molecule has 1 fully saturated rings. The van der Waals surface area contributed by atoms with E-state index >= 15 is 0 Å². The Morgan fingerprint density at radius 1 is 1.13 bits per heavy atom. The third-order valence-corrected chi connectivity index (χ3v) is 5.63. The van der Waals surface area contributed by atoms with E-state index in [0.29, 0.717) is 22.4 Å². The van der Waals surface area contributed by atoms with Crippen molar-refractivity contribution in [2.24, 2.45) is 0 Å². The van der Waals surface area contributed by atoms with Crippen LogP contribution in [0.25, 0.3) is 11.5 Å². The fraction of sp³-hybridized carbons (Fsp3) is 0.304. The number of likely N-dealkylation sites (N-methyl/N-ethyl adjacent to an activating group) is 1. The number of carbonyl (C=O) groups is 1. The number of anilines is 2. The summed E-state index contributed by atoms with van der Waals surface area (Å²) in [5.41, 5.74) is 2.75. The van der Waals surface area contributed by atoms with E-state index in [1.54, 1.807) is 13.0 Å². The number of amides is 1. The monoisotopic (exact) mass is 424 g/mol. The molecule has 0 spiro atoms. The van der Waals surface area contributed by atoms with E-state index < -0.39 is 0 Å². The van der Waals surface area contributed by atoms with E-state index in [1.807, 2.05) is 42.5 Å². The summed E-state index contributed by atoms with van der Waals surface area (Å²) < 4.78 is 5.74. The molecule has 1 aliphatic rings. The van der Waals surface area contributed by atoms with Crippen LogP contribution in [-0.4, -0.2) is 48.5 Å². The highest BCUT2D eigenvalue weighted by molar-refractivity contribution is 6.31. The second-order valence-electron chi connectivity index (χ2n) is 7.33. The van der Waals surface area contributed by atoms with Crippen molar-refractivity contribution in [3.63, 3.8) is 0 Å². The molecule has 30 heavy (non-hydrogen) atoms. The van der Waals surface area contributed by atoms with Crippen LogP contribution in [0.5, 0.6) is 0 Å². The van der Waals surface area contributed by atoms with Gasteiger partial charge in [-0.25, -0.2) is 4.98 Å². The normalized spacial score (nSPS) is 14.7. The molecule has 1 amide bonds. The first-order valence-electron chi connectivity index (χ1n) is 10.2. The average Bonchev–Trinajstić information content (AvgIpc) is 3.16. The molecule has 1 saturated heterocycles. The van der Waals surface area contributed by atoms with E-state index in [4.69, 9.17) is 16.0 Å². The SMILES string of the molecule is CCN1CCN(c2ccc(Cl)cc2NC(=O)c2nc(-c3ccccc3)oc2C)CC1. The zero-order chi connectivity index (χ0) is 21.1. The molecule has 0 unspecified atom stereocenters. The standard InChI is InChI=1S/C23H25ClN4O2/c1-3-27-11-13-28(14-12-27)20-10-9-18(24)15-19(20)25-22(29)21-16(2)30-23(26-21)17-7-5-4-6-8-17/h4-10,15H,3,11-14H2,1-2H3,(H,25,29). The quantitative estimate of drug-likeness (QED) is 0.643. The van der Waals surface area contributed by atoms with Crippen molar-refractivity contribution in [1.82, 2.24) is 9.88 Å². The third kappa shape index (κ3) is 4.35. The van der Waals surface area contributed by atoms with Crippen molar-refractivity contribution in [2.45, 2.75) is 13.8 Å². The Hall–Kier alpha value is -2.83. The number of rotatable bonds is 5. The Balaban J connectivity index is 1.57. The van der Waals surface area contributed by atoms with Crippen molar-refractivity contribution < 1.29 is 9.21 Å². The van der Waals surface area contributed by atoms with Crippen LogP contribution >= 0.6 is 11.6 Å². The number of nitrogens with one attached hydrogen (secondary N) is 1. The number of halogens is 1. The lowest BCUT2D eigenvalue weighted by Gasteiger charge is -2.36. The zero-order valence-corrected chi connectivity index (χ0v) is 17.9. The van der Waals surface area contributed by atoms with Crippen LogP contribution in [0.15, 0.2) is 52.9 Å². The minimum Gasteiger partial charge on any atom is -0.441 e. The molecule has 6 nitrogen and oxygen atoms in total. The Kier molecular flexibility index (Phi) is 6.06. The highest BCUT2D eigenvalue weighted by Crippen LogP contribution is 2.31. The van der Waals surface area contributed by atoms with Gasteiger partial charge in [0.15, 0.2) is 5.69 Å². The highest BCUT2D eigenvalue weighted by atomic mass is 35.5. The van der Waals surface area contributed by atoms with Crippen molar-refractivity contribution in [3.05, 3.63) is 65.0 Å². The molecule has 1 aromatic heterocycles. The second kappa shape index (κ2) is 8.90. The van der Waals surface area contributed by atoms with Crippen molar-refractivity contribution in [3.8, 4) is 11.5 Å². The lowest BCUT2D eigenvalue weighted by Crippen LogP contribution is -2.46. The van der Waals surface area contributed by atoms with E-state index in [9.17, 15) is 4.79 Å². The van der Waals surface area contributed by atoms with Gasteiger partial charge in [0.25, 0.3) is 5.91 Å². The van der Waals surface area contributed by atoms with Crippen LogP contribution in [0.1, 0.15) is 23.2 Å². The third-order valence-electron chi connectivity index (χ3n) is 5.40. The highest BCUT2D eigenvalue weighted by Gasteiger charge is 2.22. The lowest BCUT2D eigenvalue weighted by molar-refractivity contribution is 0.102. The lowest BCUT2D eigenvalue weighted by atomic mass is 10.2. The maximum atomic E-state index is 13.0. The second-order valence-corrected chi connectivity index (χ2v) is 7.76. The van der Waals surface area contributed by atoms with Gasteiger partial charge in [-0.15, -0.1) is 0 Å². The smallest absolute Gasteiger partial charge is 0.277 e. The molecule has 7 heteroatoms. The molecule has 156 valence electrons. The van der Waals surface area contributed by atoms with Gasteiger partial charge < -0.3 is 19.5 Å². The summed E-state index contributed by atoms with van der Waals surface area (Å²) in [5, 5.41) is 3.57. The van der Waals surface area contributed by atoms with Crippen LogP contribution in [0.2, 0.25) is 5.02 Å². The van der Waals surface area contributed by atoms with Crippen molar-refractivity contribution in [2.75, 3.05) is 42.9 Å². The van der Waals surface area contributed by atoms with Gasteiger partial charge in [0.1, 0.15) is 5.76 Å². The predicted octanol–water partition coefficient (Wildman–Crippen LogP) is 4.70. The molecular formula is C23H25ClN4O2. The van der Waals surface area contributed by atoms with Crippen LogP contribution in [0, 0.1) is 6.92 Å². The summed E-state index contributed by atoms with van der Waals surface area (Å²) >= 11 is 6.23.